The molecule has 0 amide bonds. The van der Waals surface area contributed by atoms with Gasteiger partial charge in [-0.15, -0.1) is 11.3 Å². The van der Waals surface area contributed by atoms with E-state index in [-0.39, 0.29) is 5.92 Å². The first-order valence-corrected chi connectivity index (χ1v) is 10.7. The van der Waals surface area contributed by atoms with E-state index in [1.807, 2.05) is 31.2 Å². The van der Waals surface area contributed by atoms with Crippen molar-refractivity contribution in [2.24, 2.45) is 17.4 Å². The van der Waals surface area contributed by atoms with Crippen molar-refractivity contribution in [3.05, 3.63) is 82.8 Å². The van der Waals surface area contributed by atoms with E-state index in [0.29, 0.717) is 35.9 Å². The highest BCUT2D eigenvalue weighted by Crippen LogP contribution is 2.38. The summed E-state index contributed by atoms with van der Waals surface area (Å²) in [5.41, 5.74) is 14.6. The monoisotopic (exact) mass is 426 g/mol. The van der Waals surface area contributed by atoms with Crippen LogP contribution in [0.3, 0.4) is 0 Å². The summed E-state index contributed by atoms with van der Waals surface area (Å²) in [6.07, 6.45) is 15.5. The summed E-state index contributed by atoms with van der Waals surface area (Å²) in [5.74, 6) is -0.584. The molecule has 6 N–H and O–H groups in total. The lowest BCUT2D eigenvalue weighted by Gasteiger charge is -2.24. The summed E-state index contributed by atoms with van der Waals surface area (Å²) in [6.45, 7) is 9.81. The van der Waals surface area contributed by atoms with E-state index < -0.39 is 5.97 Å². The third-order valence-corrected chi connectivity index (χ3v) is 6.10. The third-order valence-electron chi connectivity index (χ3n) is 4.89. The van der Waals surface area contributed by atoms with E-state index in [1.165, 1.54) is 6.20 Å². The number of carboxylic acids is 1. The predicted octanol–water partition coefficient (Wildman–Crippen LogP) is 4.39. The molecule has 7 heteroatoms. The van der Waals surface area contributed by atoms with Gasteiger partial charge in [0.1, 0.15) is 0 Å². The van der Waals surface area contributed by atoms with Crippen LogP contribution in [0.25, 0.3) is 5.70 Å². The molecule has 1 aromatic rings. The Morgan fingerprint density at radius 2 is 1.97 bits per heavy atom. The van der Waals surface area contributed by atoms with Gasteiger partial charge in [0.15, 0.2) is 0 Å². The number of thiazole rings is 1. The Kier molecular flexibility index (Phi) is 8.68. The molecule has 0 atom stereocenters. The molecule has 1 aromatic heterocycles. The Morgan fingerprint density at radius 1 is 1.27 bits per heavy atom. The van der Waals surface area contributed by atoms with Gasteiger partial charge in [-0.05, 0) is 68.7 Å². The number of nitrogens with two attached hydrogens (primary N) is 2. The molecular formula is C23H30N4O2S. The van der Waals surface area contributed by atoms with Crippen LogP contribution < -0.4 is 16.8 Å². The Labute approximate surface area is 182 Å². The van der Waals surface area contributed by atoms with E-state index in [0.717, 1.165) is 28.3 Å². The summed E-state index contributed by atoms with van der Waals surface area (Å²) in [6, 6.07) is 0. The minimum Gasteiger partial charge on any atom is -0.481 e. The maximum atomic E-state index is 11.1. The van der Waals surface area contributed by atoms with Crippen LogP contribution in [-0.4, -0.2) is 16.1 Å². The molecule has 30 heavy (non-hydrogen) atoms. The molecule has 0 unspecified atom stereocenters. The van der Waals surface area contributed by atoms with Crippen molar-refractivity contribution in [2.45, 2.75) is 38.5 Å². The first-order chi connectivity index (χ1) is 14.3. The lowest BCUT2D eigenvalue weighted by Crippen LogP contribution is -2.20. The zero-order chi connectivity index (χ0) is 22.1. The normalized spacial score (nSPS) is 20.6. The second kappa shape index (κ2) is 11.2. The number of rotatable bonds is 9. The van der Waals surface area contributed by atoms with Gasteiger partial charge in [0.2, 0.25) is 0 Å². The van der Waals surface area contributed by atoms with Crippen LogP contribution in [0.1, 0.15) is 48.4 Å². The van der Waals surface area contributed by atoms with Crippen LogP contribution in [0, 0.1) is 5.92 Å². The number of aliphatic carboxylic acids is 1. The molecule has 0 spiro atoms. The smallest absolute Gasteiger partial charge is 0.306 e. The number of hydrogen-bond acceptors (Lipinski definition) is 6. The van der Waals surface area contributed by atoms with E-state index in [2.05, 4.69) is 23.5 Å². The standard InChI is InChI=1S/C23H30N4O2S/c1-15(11-12-24)13-17(3)27-16(2)5-4-6-20(25)21-14-26-22(30-21)18-7-9-19(10-8-18)23(28)29/h4-6,11-14,18-19,27H,2-3,7-10,24-25H2,1H3,(H,28,29)/b5-4-,12-11-,15-13-,20-6-/t18-,19-. The van der Waals surface area contributed by atoms with Crippen molar-refractivity contribution in [3.63, 3.8) is 0 Å². The van der Waals surface area contributed by atoms with Crippen molar-refractivity contribution in [2.75, 3.05) is 0 Å². The van der Waals surface area contributed by atoms with E-state index in [4.69, 9.17) is 16.6 Å². The van der Waals surface area contributed by atoms with Crippen LogP contribution in [0.4, 0.5) is 0 Å². The number of carbonyl (C=O) groups is 1. The molecule has 0 bridgehead atoms. The predicted molar refractivity (Wildman–Crippen MR) is 124 cm³/mol. The molecule has 1 aliphatic rings. The van der Waals surface area contributed by atoms with Gasteiger partial charge in [0.05, 0.1) is 21.5 Å². The van der Waals surface area contributed by atoms with Gasteiger partial charge in [0.25, 0.3) is 0 Å². The van der Waals surface area contributed by atoms with E-state index in [9.17, 15) is 4.79 Å². The lowest BCUT2D eigenvalue weighted by atomic mass is 9.82. The SMILES string of the molecule is C=C(/C=C\C=C(/N)c1cnc([C@H]2CC[C@H](C(=O)O)CC2)s1)NC(=C)/C=C(C)\C=C/N. The largest absolute Gasteiger partial charge is 0.481 e. The highest BCUT2D eigenvalue weighted by Gasteiger charge is 2.28. The fraction of sp³-hybridized carbons (Fsp3) is 0.304. The molecule has 1 aliphatic carbocycles. The summed E-state index contributed by atoms with van der Waals surface area (Å²) in [4.78, 5) is 16.5. The van der Waals surface area contributed by atoms with Crippen LogP contribution in [0.15, 0.2) is 72.9 Å². The van der Waals surface area contributed by atoms with Gasteiger partial charge in [-0.1, -0.05) is 19.2 Å². The molecule has 0 aliphatic heterocycles. The number of nitrogens with one attached hydrogen (secondary N) is 1. The molecular weight excluding hydrogens is 396 g/mol. The Hall–Kier alpha value is -3.06. The minimum absolute atomic E-state index is 0.217. The average molecular weight is 427 g/mol. The second-order valence-electron chi connectivity index (χ2n) is 7.35. The number of hydrogen-bond donors (Lipinski definition) is 4. The van der Waals surface area contributed by atoms with Crippen LogP contribution in [0.2, 0.25) is 0 Å². The summed E-state index contributed by atoms with van der Waals surface area (Å²) in [5, 5.41) is 13.3. The maximum absolute atomic E-state index is 11.1. The molecule has 6 nitrogen and oxygen atoms in total. The fourth-order valence-corrected chi connectivity index (χ4v) is 4.33. The topological polar surface area (TPSA) is 114 Å². The first-order valence-electron chi connectivity index (χ1n) is 9.84. The first kappa shape index (κ1) is 23.2. The molecule has 1 fully saturated rings. The van der Waals surface area contributed by atoms with Crippen molar-refractivity contribution in [1.29, 1.82) is 0 Å². The third kappa shape index (κ3) is 7.08. The minimum atomic E-state index is -0.689. The molecule has 1 heterocycles. The summed E-state index contributed by atoms with van der Waals surface area (Å²) in [7, 11) is 0. The molecule has 160 valence electrons. The van der Waals surface area contributed by atoms with Gasteiger partial charge >= 0.3 is 5.97 Å². The van der Waals surface area contributed by atoms with E-state index >= 15 is 0 Å². The lowest BCUT2D eigenvalue weighted by molar-refractivity contribution is -0.142. The molecule has 1 saturated carbocycles. The molecule has 2 rings (SSSR count). The Balaban J connectivity index is 1.90. The molecule has 0 saturated heterocycles. The van der Waals surface area contributed by atoms with Gasteiger partial charge in [-0.25, -0.2) is 4.98 Å². The Bertz CT molecular complexity index is 900. The average Bonchev–Trinajstić information content (AvgIpc) is 3.18. The number of allylic oxidation sites excluding steroid dienone is 6. The number of aromatic nitrogens is 1. The summed E-state index contributed by atoms with van der Waals surface area (Å²) >= 11 is 1.58. The van der Waals surface area contributed by atoms with Crippen LogP contribution >= 0.6 is 11.3 Å². The van der Waals surface area contributed by atoms with Gasteiger partial charge < -0.3 is 21.9 Å². The van der Waals surface area contributed by atoms with Gasteiger partial charge in [-0.3, -0.25) is 4.79 Å². The quantitative estimate of drug-likeness (QED) is 0.435. The fourth-order valence-electron chi connectivity index (χ4n) is 3.31. The van der Waals surface area contributed by atoms with Gasteiger partial charge in [0, 0.05) is 23.5 Å². The highest BCUT2D eigenvalue weighted by atomic mass is 32.1. The number of nitrogens with zero attached hydrogens (tertiary/aromatic N) is 1. The summed E-state index contributed by atoms with van der Waals surface area (Å²) < 4.78 is 0. The molecule has 0 aromatic carbocycles. The highest BCUT2D eigenvalue weighted by molar-refractivity contribution is 7.12. The van der Waals surface area contributed by atoms with Crippen LogP contribution in [0.5, 0.6) is 0 Å². The zero-order valence-electron chi connectivity index (χ0n) is 17.3. The van der Waals surface area contributed by atoms with Crippen molar-refractivity contribution in [3.8, 4) is 0 Å². The second-order valence-corrected chi connectivity index (χ2v) is 8.42. The number of carboxylic acid groups (broad SMARTS) is 1. The van der Waals surface area contributed by atoms with Crippen LogP contribution in [-0.2, 0) is 4.79 Å². The van der Waals surface area contributed by atoms with Gasteiger partial charge in [-0.2, -0.15) is 0 Å². The Morgan fingerprint density at radius 3 is 2.60 bits per heavy atom. The van der Waals surface area contributed by atoms with Crippen molar-refractivity contribution < 1.29 is 9.90 Å². The van der Waals surface area contributed by atoms with Crippen molar-refractivity contribution >= 4 is 23.0 Å². The van der Waals surface area contributed by atoms with Crippen molar-refractivity contribution in [1.82, 2.24) is 10.3 Å². The maximum Gasteiger partial charge on any atom is 0.306 e. The van der Waals surface area contributed by atoms with E-state index in [1.54, 1.807) is 23.6 Å². The molecule has 0 radical (unpaired) electrons. The zero-order valence-corrected chi connectivity index (χ0v) is 18.1.